The molecule has 0 saturated heterocycles. The van der Waals surface area contributed by atoms with E-state index >= 15 is 0 Å². The van der Waals surface area contributed by atoms with Crippen LogP contribution in [0.2, 0.25) is 0 Å². The zero-order valence-corrected chi connectivity index (χ0v) is 7.60. The van der Waals surface area contributed by atoms with E-state index in [4.69, 9.17) is 5.73 Å². The monoisotopic (exact) mass is 192 g/mol. The van der Waals surface area contributed by atoms with Crippen LogP contribution < -0.4 is 11.1 Å². The molecule has 0 fully saturated rings. The van der Waals surface area contributed by atoms with Gasteiger partial charge in [-0.1, -0.05) is 6.08 Å². The van der Waals surface area contributed by atoms with Gasteiger partial charge in [0, 0.05) is 18.2 Å². The lowest BCUT2D eigenvalue weighted by Crippen LogP contribution is -2.30. The van der Waals surface area contributed by atoms with Crippen molar-refractivity contribution in [1.29, 1.82) is 0 Å². The van der Waals surface area contributed by atoms with Gasteiger partial charge < -0.3 is 11.1 Å². The third-order valence-corrected chi connectivity index (χ3v) is 1.63. The van der Waals surface area contributed by atoms with Crippen molar-refractivity contribution >= 4 is 15.7 Å². The molecule has 12 heavy (non-hydrogen) atoms. The average Bonchev–Trinajstić information content (AvgIpc) is 1.96. The molecule has 70 valence electrons. The molecule has 0 aliphatic rings. The number of sulfone groups is 1. The Morgan fingerprint density at radius 2 is 2.17 bits per heavy atom. The highest BCUT2D eigenvalue weighted by Crippen LogP contribution is 1.83. The number of amides is 1. The van der Waals surface area contributed by atoms with Gasteiger partial charge in [-0.2, -0.15) is 0 Å². The third-order valence-electron chi connectivity index (χ3n) is 0.946. The van der Waals surface area contributed by atoms with Gasteiger partial charge in [0.1, 0.15) is 0 Å². The molecule has 0 aromatic carbocycles. The van der Waals surface area contributed by atoms with Gasteiger partial charge in [-0.3, -0.25) is 4.79 Å². The van der Waals surface area contributed by atoms with E-state index in [0.29, 0.717) is 0 Å². The van der Waals surface area contributed by atoms with Crippen molar-refractivity contribution in [2.45, 2.75) is 0 Å². The number of nitrogens with one attached hydrogen (secondary N) is 1. The summed E-state index contributed by atoms with van der Waals surface area (Å²) in [5.74, 6) is -0.312. The molecule has 0 rings (SSSR count). The van der Waals surface area contributed by atoms with Gasteiger partial charge in [-0.05, 0) is 0 Å². The minimum absolute atomic E-state index is 0.0906. The van der Waals surface area contributed by atoms with Crippen molar-refractivity contribution < 1.29 is 13.2 Å². The van der Waals surface area contributed by atoms with Crippen LogP contribution in [0, 0.1) is 0 Å². The van der Waals surface area contributed by atoms with Crippen LogP contribution in [0.25, 0.3) is 0 Å². The van der Waals surface area contributed by atoms with Crippen molar-refractivity contribution in [2.24, 2.45) is 5.73 Å². The Labute approximate surface area is 71.6 Å². The summed E-state index contributed by atoms with van der Waals surface area (Å²) in [7, 11) is -3.09. The minimum atomic E-state index is -3.09. The van der Waals surface area contributed by atoms with E-state index in [2.05, 4.69) is 5.32 Å². The molecule has 0 aliphatic heterocycles. The SMILES string of the molecule is CS(=O)(=O)/C=C/CNC(=O)CN. The standard InChI is InChI=1S/C6H12N2O3S/c1-12(10,11)4-2-3-8-6(9)5-7/h2,4H,3,5,7H2,1H3,(H,8,9)/b4-2+. The van der Waals surface area contributed by atoms with Crippen LogP contribution in [-0.4, -0.2) is 33.7 Å². The molecular weight excluding hydrogens is 180 g/mol. The van der Waals surface area contributed by atoms with E-state index in [-0.39, 0.29) is 19.0 Å². The highest BCUT2D eigenvalue weighted by atomic mass is 32.2. The first-order valence-electron chi connectivity index (χ1n) is 3.29. The lowest BCUT2D eigenvalue weighted by atomic mass is 10.5. The fourth-order valence-electron chi connectivity index (χ4n) is 0.468. The Morgan fingerprint density at radius 1 is 1.58 bits per heavy atom. The summed E-state index contributed by atoms with van der Waals surface area (Å²) in [5.41, 5.74) is 4.99. The molecule has 0 unspecified atom stereocenters. The van der Waals surface area contributed by atoms with E-state index in [1.807, 2.05) is 0 Å². The number of hydrogen-bond acceptors (Lipinski definition) is 4. The Morgan fingerprint density at radius 3 is 2.58 bits per heavy atom. The van der Waals surface area contributed by atoms with Crippen LogP contribution >= 0.6 is 0 Å². The summed E-state index contributed by atoms with van der Waals surface area (Å²) in [4.78, 5) is 10.5. The molecule has 0 radical (unpaired) electrons. The maximum Gasteiger partial charge on any atom is 0.233 e. The van der Waals surface area contributed by atoms with Crippen LogP contribution in [0.5, 0.6) is 0 Å². The molecular formula is C6H12N2O3S. The van der Waals surface area contributed by atoms with Crippen LogP contribution in [0.4, 0.5) is 0 Å². The number of hydrogen-bond donors (Lipinski definition) is 2. The fraction of sp³-hybridized carbons (Fsp3) is 0.500. The Hall–Kier alpha value is -0.880. The van der Waals surface area contributed by atoms with Gasteiger partial charge in [-0.15, -0.1) is 0 Å². The summed E-state index contributed by atoms with van der Waals surface area (Å²) in [6.45, 7) is 0.0931. The van der Waals surface area contributed by atoms with Gasteiger partial charge >= 0.3 is 0 Å². The Bertz CT molecular complexity index is 269. The molecule has 0 saturated carbocycles. The van der Waals surface area contributed by atoms with Crippen LogP contribution in [0.15, 0.2) is 11.5 Å². The smallest absolute Gasteiger partial charge is 0.233 e. The zero-order chi connectivity index (χ0) is 9.61. The molecule has 1 amide bonds. The van der Waals surface area contributed by atoms with Crippen molar-refractivity contribution in [3.8, 4) is 0 Å². The van der Waals surface area contributed by atoms with Crippen molar-refractivity contribution in [3.63, 3.8) is 0 Å². The summed E-state index contributed by atoms with van der Waals surface area (Å²) in [6.07, 6.45) is 2.43. The minimum Gasteiger partial charge on any atom is -0.352 e. The number of carbonyl (C=O) groups is 1. The number of rotatable bonds is 4. The van der Waals surface area contributed by atoms with Gasteiger partial charge in [0.05, 0.1) is 6.54 Å². The molecule has 5 nitrogen and oxygen atoms in total. The second-order valence-electron chi connectivity index (χ2n) is 2.21. The van der Waals surface area contributed by atoms with E-state index < -0.39 is 9.84 Å². The van der Waals surface area contributed by atoms with Crippen molar-refractivity contribution in [1.82, 2.24) is 5.32 Å². The topological polar surface area (TPSA) is 89.3 Å². The molecule has 0 aromatic heterocycles. The van der Waals surface area contributed by atoms with Crippen LogP contribution in [-0.2, 0) is 14.6 Å². The van der Waals surface area contributed by atoms with E-state index in [9.17, 15) is 13.2 Å². The molecule has 6 heteroatoms. The third kappa shape index (κ3) is 7.23. The maximum absolute atomic E-state index is 10.5. The first kappa shape index (κ1) is 11.1. The molecule has 0 atom stereocenters. The summed E-state index contributed by atoms with van der Waals surface area (Å²) in [6, 6.07) is 0. The number of carbonyl (C=O) groups excluding carboxylic acids is 1. The fourth-order valence-corrected chi connectivity index (χ4v) is 0.914. The van der Waals surface area contributed by atoms with Gasteiger partial charge in [-0.25, -0.2) is 8.42 Å². The predicted molar refractivity (Wildman–Crippen MR) is 46.0 cm³/mol. The zero-order valence-electron chi connectivity index (χ0n) is 6.78. The highest BCUT2D eigenvalue weighted by Gasteiger charge is 1.94. The highest BCUT2D eigenvalue weighted by molar-refractivity contribution is 7.93. The molecule has 0 heterocycles. The predicted octanol–water partition coefficient (Wildman–Crippen LogP) is -1.38. The van der Waals surface area contributed by atoms with Crippen molar-refractivity contribution in [3.05, 3.63) is 11.5 Å². The second kappa shape index (κ2) is 4.89. The molecule has 0 spiro atoms. The summed E-state index contributed by atoms with van der Waals surface area (Å²) in [5, 5.41) is 3.42. The Balaban J connectivity index is 3.71. The molecule has 0 aromatic rings. The Kier molecular flexibility index (Phi) is 4.53. The van der Waals surface area contributed by atoms with Crippen LogP contribution in [0.3, 0.4) is 0 Å². The first-order chi connectivity index (χ1) is 5.45. The van der Waals surface area contributed by atoms with Gasteiger partial charge in [0.25, 0.3) is 0 Å². The van der Waals surface area contributed by atoms with E-state index in [1.54, 1.807) is 0 Å². The maximum atomic E-state index is 10.5. The van der Waals surface area contributed by atoms with E-state index in [0.717, 1.165) is 11.7 Å². The van der Waals surface area contributed by atoms with Gasteiger partial charge in [0.2, 0.25) is 5.91 Å². The molecule has 3 N–H and O–H groups in total. The lowest BCUT2D eigenvalue weighted by molar-refractivity contribution is -0.119. The first-order valence-corrected chi connectivity index (χ1v) is 5.24. The summed E-state index contributed by atoms with van der Waals surface area (Å²) < 4.78 is 21.0. The quantitative estimate of drug-likeness (QED) is 0.574. The molecule has 0 bridgehead atoms. The molecule has 0 aliphatic carbocycles. The number of nitrogens with two attached hydrogens (primary N) is 1. The second-order valence-corrected chi connectivity index (χ2v) is 4.14. The summed E-state index contributed by atoms with van der Waals surface area (Å²) >= 11 is 0. The average molecular weight is 192 g/mol. The van der Waals surface area contributed by atoms with Gasteiger partial charge in [0.15, 0.2) is 9.84 Å². The van der Waals surface area contributed by atoms with Crippen LogP contribution in [0.1, 0.15) is 0 Å². The van der Waals surface area contributed by atoms with E-state index in [1.165, 1.54) is 6.08 Å². The normalized spacial score (nSPS) is 11.8. The largest absolute Gasteiger partial charge is 0.352 e. The lowest BCUT2D eigenvalue weighted by Gasteiger charge is -1.96. The van der Waals surface area contributed by atoms with Crippen molar-refractivity contribution in [2.75, 3.05) is 19.3 Å².